The van der Waals surface area contributed by atoms with Gasteiger partial charge in [0.15, 0.2) is 0 Å². The van der Waals surface area contributed by atoms with Crippen LogP contribution in [-0.4, -0.2) is 24.2 Å². The fourth-order valence-corrected chi connectivity index (χ4v) is 1.13. The van der Waals surface area contributed by atoms with Crippen LogP contribution in [0.1, 0.15) is 12.0 Å². The van der Waals surface area contributed by atoms with E-state index >= 15 is 0 Å². The molecule has 0 aromatic carbocycles. The van der Waals surface area contributed by atoms with Gasteiger partial charge >= 0.3 is 6.18 Å². The van der Waals surface area contributed by atoms with Gasteiger partial charge in [-0.05, 0) is 24.6 Å². The Labute approximate surface area is 86.5 Å². The van der Waals surface area contributed by atoms with Crippen LogP contribution in [0.4, 0.5) is 13.2 Å². The van der Waals surface area contributed by atoms with Gasteiger partial charge in [0, 0.05) is 18.9 Å². The van der Waals surface area contributed by atoms with Gasteiger partial charge in [0.2, 0.25) is 0 Å². The van der Waals surface area contributed by atoms with Crippen molar-refractivity contribution in [1.82, 2.24) is 10.3 Å². The van der Waals surface area contributed by atoms with Crippen molar-refractivity contribution < 1.29 is 13.2 Å². The second-order valence-corrected chi connectivity index (χ2v) is 3.23. The van der Waals surface area contributed by atoms with E-state index < -0.39 is 12.6 Å². The lowest BCUT2D eigenvalue weighted by Crippen LogP contribution is -2.23. The van der Waals surface area contributed by atoms with Crippen LogP contribution in [-0.2, 0) is 6.42 Å². The maximum atomic E-state index is 11.8. The third-order valence-corrected chi connectivity index (χ3v) is 1.90. The quantitative estimate of drug-likeness (QED) is 0.766. The van der Waals surface area contributed by atoms with Crippen molar-refractivity contribution in [1.29, 1.82) is 0 Å². The Morgan fingerprint density at radius 2 is 2.07 bits per heavy atom. The number of nitrogens with zero attached hydrogens (tertiary/aromatic N) is 1. The normalized spacial score (nSPS) is 11.7. The van der Waals surface area contributed by atoms with E-state index in [1.807, 2.05) is 12.1 Å². The number of alkyl halides is 3. The first-order valence-corrected chi connectivity index (χ1v) is 4.74. The highest BCUT2D eigenvalue weighted by Gasteiger charge is 2.25. The summed E-state index contributed by atoms with van der Waals surface area (Å²) in [6.45, 7) is 0.519. The molecule has 0 aliphatic heterocycles. The average Bonchev–Trinajstić information content (AvgIpc) is 2.17. The lowest BCUT2D eigenvalue weighted by molar-refractivity contribution is -0.133. The summed E-state index contributed by atoms with van der Waals surface area (Å²) < 4.78 is 35.3. The number of hydrogen-bond donors (Lipinski definition) is 1. The Morgan fingerprint density at radius 3 is 2.67 bits per heavy atom. The van der Waals surface area contributed by atoms with Crippen LogP contribution in [0, 0.1) is 0 Å². The van der Waals surface area contributed by atoms with Gasteiger partial charge in [-0.1, -0.05) is 6.07 Å². The van der Waals surface area contributed by atoms with Gasteiger partial charge < -0.3 is 5.32 Å². The predicted octanol–water partition coefficient (Wildman–Crippen LogP) is 2.17. The smallest absolute Gasteiger partial charge is 0.316 e. The Morgan fingerprint density at radius 1 is 1.27 bits per heavy atom. The minimum absolute atomic E-state index is 0.0240. The van der Waals surface area contributed by atoms with Crippen molar-refractivity contribution in [2.24, 2.45) is 0 Å². The van der Waals surface area contributed by atoms with Gasteiger partial charge in [-0.3, -0.25) is 4.98 Å². The first-order valence-electron chi connectivity index (χ1n) is 4.74. The molecule has 15 heavy (non-hydrogen) atoms. The molecule has 0 atom stereocenters. The molecular formula is C10H13F3N2. The number of hydrogen-bond acceptors (Lipinski definition) is 2. The molecule has 0 spiro atoms. The molecule has 0 radical (unpaired) electrons. The van der Waals surface area contributed by atoms with Gasteiger partial charge in [0.25, 0.3) is 0 Å². The van der Waals surface area contributed by atoms with Gasteiger partial charge in [0.05, 0.1) is 6.42 Å². The summed E-state index contributed by atoms with van der Waals surface area (Å²) >= 11 is 0. The van der Waals surface area contributed by atoms with Crippen LogP contribution >= 0.6 is 0 Å². The molecular weight excluding hydrogens is 205 g/mol. The molecule has 1 aromatic rings. The predicted molar refractivity (Wildman–Crippen MR) is 51.5 cm³/mol. The number of nitrogens with one attached hydrogen (secondary N) is 1. The van der Waals surface area contributed by atoms with Crippen molar-refractivity contribution in [2.45, 2.75) is 19.0 Å². The van der Waals surface area contributed by atoms with E-state index in [2.05, 4.69) is 10.3 Å². The average molecular weight is 218 g/mol. The number of rotatable bonds is 5. The van der Waals surface area contributed by atoms with Gasteiger partial charge in [-0.2, -0.15) is 13.2 Å². The Balaban J connectivity index is 2.08. The number of aromatic nitrogens is 1. The molecule has 0 aliphatic rings. The van der Waals surface area contributed by atoms with Crippen molar-refractivity contribution in [2.75, 3.05) is 13.1 Å². The zero-order chi connectivity index (χ0) is 11.1. The molecule has 0 bridgehead atoms. The summed E-state index contributed by atoms with van der Waals surface area (Å²) in [5.41, 5.74) is 1.03. The van der Waals surface area contributed by atoms with Crippen LogP contribution < -0.4 is 5.32 Å². The summed E-state index contributed by atoms with van der Waals surface area (Å²) in [5.74, 6) is 0. The second kappa shape index (κ2) is 5.70. The summed E-state index contributed by atoms with van der Waals surface area (Å²) in [6, 6.07) is 3.71. The van der Waals surface area contributed by atoms with Crippen molar-refractivity contribution in [3.63, 3.8) is 0 Å². The Bertz CT molecular complexity index is 272. The molecule has 0 saturated heterocycles. The molecule has 0 unspecified atom stereocenters. The zero-order valence-corrected chi connectivity index (χ0v) is 8.22. The summed E-state index contributed by atoms with van der Waals surface area (Å²) in [7, 11) is 0. The van der Waals surface area contributed by atoms with Crippen molar-refractivity contribution in [3.05, 3.63) is 30.1 Å². The van der Waals surface area contributed by atoms with E-state index in [-0.39, 0.29) is 6.54 Å². The van der Waals surface area contributed by atoms with Gasteiger partial charge in [-0.15, -0.1) is 0 Å². The topological polar surface area (TPSA) is 24.9 Å². The van der Waals surface area contributed by atoms with E-state index in [4.69, 9.17) is 0 Å². The Hall–Kier alpha value is -1.10. The first-order chi connectivity index (χ1) is 7.08. The van der Waals surface area contributed by atoms with Crippen LogP contribution in [0.25, 0.3) is 0 Å². The van der Waals surface area contributed by atoms with Crippen molar-refractivity contribution >= 4 is 0 Å². The molecule has 0 amide bonds. The molecule has 1 aromatic heterocycles. The molecule has 1 heterocycles. The summed E-state index contributed by atoms with van der Waals surface area (Å²) in [5, 5.41) is 2.74. The van der Waals surface area contributed by atoms with E-state index in [1.54, 1.807) is 12.4 Å². The molecule has 0 fully saturated rings. The van der Waals surface area contributed by atoms with Gasteiger partial charge in [-0.25, -0.2) is 0 Å². The summed E-state index contributed by atoms with van der Waals surface area (Å²) in [6.07, 6.45) is -0.765. The highest BCUT2D eigenvalue weighted by atomic mass is 19.4. The molecule has 5 heteroatoms. The second-order valence-electron chi connectivity index (χ2n) is 3.23. The molecule has 1 N–H and O–H groups in total. The highest BCUT2D eigenvalue weighted by Crippen LogP contribution is 2.17. The summed E-state index contributed by atoms with van der Waals surface area (Å²) in [4.78, 5) is 3.92. The Kier molecular flexibility index (Phi) is 4.55. The highest BCUT2D eigenvalue weighted by molar-refractivity contribution is 5.08. The maximum absolute atomic E-state index is 11.8. The van der Waals surface area contributed by atoms with E-state index in [0.717, 1.165) is 5.56 Å². The molecule has 0 aliphatic carbocycles. The van der Waals surface area contributed by atoms with E-state index in [1.165, 1.54) is 0 Å². The fourth-order valence-electron chi connectivity index (χ4n) is 1.13. The molecule has 0 saturated carbocycles. The molecule has 1 rings (SSSR count). The zero-order valence-electron chi connectivity index (χ0n) is 8.22. The minimum Gasteiger partial charge on any atom is -0.316 e. The third-order valence-electron chi connectivity index (χ3n) is 1.90. The largest absolute Gasteiger partial charge is 0.390 e. The third kappa shape index (κ3) is 6.06. The molecule has 2 nitrogen and oxygen atoms in total. The van der Waals surface area contributed by atoms with E-state index in [9.17, 15) is 13.2 Å². The fraction of sp³-hybridized carbons (Fsp3) is 0.500. The maximum Gasteiger partial charge on any atom is 0.390 e. The monoisotopic (exact) mass is 218 g/mol. The molecule has 84 valence electrons. The first kappa shape index (κ1) is 12.0. The van der Waals surface area contributed by atoms with Crippen LogP contribution in [0.5, 0.6) is 0 Å². The lowest BCUT2D eigenvalue weighted by Gasteiger charge is -2.07. The standard InChI is InChI=1S/C10H13F3N2/c11-10(12,13)4-7-14-6-3-9-2-1-5-15-8-9/h1-2,5,8,14H,3-4,6-7H2. The van der Waals surface area contributed by atoms with Crippen LogP contribution in [0.2, 0.25) is 0 Å². The lowest BCUT2D eigenvalue weighted by atomic mass is 10.2. The van der Waals surface area contributed by atoms with Crippen LogP contribution in [0.3, 0.4) is 0 Å². The minimum atomic E-state index is -4.07. The number of pyridine rings is 1. The van der Waals surface area contributed by atoms with Gasteiger partial charge in [0.1, 0.15) is 0 Å². The van der Waals surface area contributed by atoms with Crippen molar-refractivity contribution in [3.8, 4) is 0 Å². The SMILES string of the molecule is FC(F)(F)CCNCCc1cccnc1. The van der Waals surface area contributed by atoms with Crippen LogP contribution in [0.15, 0.2) is 24.5 Å². The number of halogens is 3. The van der Waals surface area contributed by atoms with E-state index in [0.29, 0.717) is 13.0 Å².